The molecule has 0 bridgehead atoms. The first-order valence-electron chi connectivity index (χ1n) is 3.83. The average Bonchev–Trinajstić information content (AvgIpc) is 2.04. The van der Waals surface area contributed by atoms with Gasteiger partial charge in [-0.3, -0.25) is 0 Å². The zero-order valence-corrected chi connectivity index (χ0v) is 7.21. The second-order valence-corrected chi connectivity index (χ2v) is 2.72. The molecule has 0 radical (unpaired) electrons. The van der Waals surface area contributed by atoms with Crippen LogP contribution in [0.3, 0.4) is 0 Å². The van der Waals surface area contributed by atoms with Crippen LogP contribution in [0.5, 0.6) is 0 Å². The van der Waals surface area contributed by atoms with E-state index in [0.29, 0.717) is 13.2 Å². The molecule has 3 heteroatoms. The molecule has 0 amide bonds. The molecule has 0 heterocycles. The van der Waals surface area contributed by atoms with E-state index in [1.165, 1.54) is 0 Å². The van der Waals surface area contributed by atoms with Crippen LogP contribution < -0.4 is 11.5 Å². The number of rotatable bonds is 3. The predicted octanol–water partition coefficient (Wildman–Crippen LogP) is 0.874. The quantitative estimate of drug-likeness (QED) is 0.655. The van der Waals surface area contributed by atoms with E-state index in [0.717, 1.165) is 16.8 Å². The van der Waals surface area contributed by atoms with Crippen molar-refractivity contribution in [3.05, 3.63) is 29.3 Å². The van der Waals surface area contributed by atoms with Crippen LogP contribution in [-0.2, 0) is 17.9 Å². The van der Waals surface area contributed by atoms with Gasteiger partial charge in [0.2, 0.25) is 0 Å². The smallest absolute Gasteiger partial charge is 0.0713 e. The second-order valence-electron chi connectivity index (χ2n) is 2.72. The summed E-state index contributed by atoms with van der Waals surface area (Å²) in [6.07, 6.45) is 0. The van der Waals surface area contributed by atoms with Crippen molar-refractivity contribution >= 4 is 5.69 Å². The van der Waals surface area contributed by atoms with E-state index in [9.17, 15) is 0 Å². The Labute approximate surface area is 72.3 Å². The molecule has 0 unspecified atom stereocenters. The van der Waals surface area contributed by atoms with Gasteiger partial charge in [0, 0.05) is 19.3 Å². The fourth-order valence-electron chi connectivity index (χ4n) is 1.16. The molecule has 4 N–H and O–H groups in total. The van der Waals surface area contributed by atoms with Gasteiger partial charge in [-0.1, -0.05) is 6.07 Å². The Morgan fingerprint density at radius 1 is 1.25 bits per heavy atom. The van der Waals surface area contributed by atoms with E-state index < -0.39 is 0 Å². The molecule has 1 aromatic rings. The van der Waals surface area contributed by atoms with Crippen LogP contribution in [-0.4, -0.2) is 7.11 Å². The van der Waals surface area contributed by atoms with Crippen LogP contribution >= 0.6 is 0 Å². The third-order valence-electron chi connectivity index (χ3n) is 1.62. The summed E-state index contributed by atoms with van der Waals surface area (Å²) >= 11 is 0. The monoisotopic (exact) mass is 166 g/mol. The highest BCUT2D eigenvalue weighted by Crippen LogP contribution is 2.12. The second kappa shape index (κ2) is 4.09. The fraction of sp³-hybridized carbons (Fsp3) is 0.333. The van der Waals surface area contributed by atoms with Crippen LogP contribution in [0.2, 0.25) is 0 Å². The van der Waals surface area contributed by atoms with E-state index in [4.69, 9.17) is 16.2 Å². The minimum Gasteiger partial charge on any atom is -0.399 e. The lowest BCUT2D eigenvalue weighted by atomic mass is 10.1. The minimum absolute atomic E-state index is 0.516. The summed E-state index contributed by atoms with van der Waals surface area (Å²) in [7, 11) is 1.66. The fourth-order valence-corrected chi connectivity index (χ4v) is 1.16. The van der Waals surface area contributed by atoms with Crippen molar-refractivity contribution in [3.8, 4) is 0 Å². The van der Waals surface area contributed by atoms with E-state index in [2.05, 4.69) is 0 Å². The Morgan fingerprint density at radius 3 is 2.50 bits per heavy atom. The Balaban J connectivity index is 2.90. The van der Waals surface area contributed by atoms with Crippen molar-refractivity contribution < 1.29 is 4.74 Å². The van der Waals surface area contributed by atoms with E-state index in [1.54, 1.807) is 7.11 Å². The largest absolute Gasteiger partial charge is 0.399 e. The molecule has 3 nitrogen and oxygen atoms in total. The molecular formula is C9H14N2O. The number of hydrogen-bond donors (Lipinski definition) is 2. The summed E-state index contributed by atoms with van der Waals surface area (Å²) in [6.45, 7) is 1.10. The molecular weight excluding hydrogens is 152 g/mol. The lowest BCUT2D eigenvalue weighted by Gasteiger charge is -2.04. The van der Waals surface area contributed by atoms with Gasteiger partial charge < -0.3 is 16.2 Å². The standard InChI is InChI=1S/C9H14N2O/c1-12-6-8-2-7(5-10)3-9(11)4-8/h2-4H,5-6,10-11H2,1H3. The molecule has 66 valence electrons. The summed E-state index contributed by atoms with van der Waals surface area (Å²) < 4.78 is 4.99. The molecule has 0 aliphatic heterocycles. The molecule has 0 fully saturated rings. The van der Waals surface area contributed by atoms with E-state index in [-0.39, 0.29) is 0 Å². The number of ether oxygens (including phenoxy) is 1. The number of anilines is 1. The van der Waals surface area contributed by atoms with Crippen molar-refractivity contribution in [2.45, 2.75) is 13.2 Å². The Bertz CT molecular complexity index is 261. The first kappa shape index (κ1) is 9.03. The van der Waals surface area contributed by atoms with Gasteiger partial charge in [0.15, 0.2) is 0 Å². The van der Waals surface area contributed by atoms with Gasteiger partial charge in [-0.05, 0) is 23.3 Å². The summed E-state index contributed by atoms with van der Waals surface area (Å²) in [5, 5.41) is 0. The summed E-state index contributed by atoms with van der Waals surface area (Å²) in [6, 6.07) is 5.77. The maximum absolute atomic E-state index is 5.65. The number of hydrogen-bond acceptors (Lipinski definition) is 3. The van der Waals surface area contributed by atoms with Gasteiger partial charge in [-0.15, -0.1) is 0 Å². The van der Waals surface area contributed by atoms with Crippen LogP contribution in [0, 0.1) is 0 Å². The highest BCUT2D eigenvalue weighted by molar-refractivity contribution is 5.44. The molecule has 1 rings (SSSR count). The molecule has 0 atom stereocenters. The molecule has 0 aliphatic carbocycles. The SMILES string of the molecule is COCc1cc(N)cc(CN)c1. The maximum Gasteiger partial charge on any atom is 0.0713 e. The van der Waals surface area contributed by atoms with Gasteiger partial charge in [-0.25, -0.2) is 0 Å². The van der Waals surface area contributed by atoms with Gasteiger partial charge in [-0.2, -0.15) is 0 Å². The summed E-state index contributed by atoms with van der Waals surface area (Å²) in [4.78, 5) is 0. The maximum atomic E-state index is 5.65. The van der Waals surface area contributed by atoms with E-state index in [1.807, 2.05) is 18.2 Å². The van der Waals surface area contributed by atoms with Crippen molar-refractivity contribution in [1.29, 1.82) is 0 Å². The molecule has 0 saturated heterocycles. The van der Waals surface area contributed by atoms with Gasteiger partial charge in [0.1, 0.15) is 0 Å². The minimum atomic E-state index is 0.516. The van der Waals surface area contributed by atoms with Crippen LogP contribution in [0.4, 0.5) is 5.69 Å². The number of methoxy groups -OCH3 is 1. The predicted molar refractivity (Wildman–Crippen MR) is 49.5 cm³/mol. The first-order chi connectivity index (χ1) is 5.76. The van der Waals surface area contributed by atoms with E-state index >= 15 is 0 Å². The normalized spacial score (nSPS) is 10.2. The first-order valence-corrected chi connectivity index (χ1v) is 3.83. The van der Waals surface area contributed by atoms with Gasteiger partial charge in [0.05, 0.1) is 6.61 Å². The van der Waals surface area contributed by atoms with Crippen molar-refractivity contribution in [2.75, 3.05) is 12.8 Å². The van der Waals surface area contributed by atoms with Crippen molar-refractivity contribution in [1.82, 2.24) is 0 Å². The van der Waals surface area contributed by atoms with Crippen LogP contribution in [0.25, 0.3) is 0 Å². The molecule has 0 saturated carbocycles. The zero-order chi connectivity index (χ0) is 8.97. The van der Waals surface area contributed by atoms with Crippen molar-refractivity contribution in [3.63, 3.8) is 0 Å². The third kappa shape index (κ3) is 2.22. The Kier molecular flexibility index (Phi) is 3.08. The van der Waals surface area contributed by atoms with Crippen LogP contribution in [0.15, 0.2) is 18.2 Å². The number of nitrogens with two attached hydrogens (primary N) is 2. The Hall–Kier alpha value is -1.06. The molecule has 0 aromatic heterocycles. The molecule has 1 aromatic carbocycles. The highest BCUT2D eigenvalue weighted by atomic mass is 16.5. The lowest BCUT2D eigenvalue weighted by Crippen LogP contribution is -2.00. The number of nitrogen functional groups attached to an aromatic ring is 1. The molecule has 0 spiro atoms. The molecule has 0 aliphatic rings. The third-order valence-corrected chi connectivity index (χ3v) is 1.62. The average molecular weight is 166 g/mol. The van der Waals surface area contributed by atoms with Crippen LogP contribution in [0.1, 0.15) is 11.1 Å². The van der Waals surface area contributed by atoms with Crippen molar-refractivity contribution in [2.24, 2.45) is 5.73 Å². The highest BCUT2D eigenvalue weighted by Gasteiger charge is 1.96. The lowest BCUT2D eigenvalue weighted by molar-refractivity contribution is 0.185. The number of benzene rings is 1. The van der Waals surface area contributed by atoms with Gasteiger partial charge >= 0.3 is 0 Å². The topological polar surface area (TPSA) is 61.3 Å². The summed E-state index contributed by atoms with van der Waals surface area (Å²) in [5.74, 6) is 0. The molecule has 12 heavy (non-hydrogen) atoms. The van der Waals surface area contributed by atoms with Gasteiger partial charge in [0.25, 0.3) is 0 Å². The summed E-state index contributed by atoms with van der Waals surface area (Å²) in [5.41, 5.74) is 14.0. The Morgan fingerprint density at radius 2 is 1.92 bits per heavy atom. The zero-order valence-electron chi connectivity index (χ0n) is 7.21.